The van der Waals surface area contributed by atoms with Crippen molar-refractivity contribution in [1.82, 2.24) is 21.5 Å². The van der Waals surface area contributed by atoms with E-state index in [9.17, 15) is 13.6 Å². The second kappa shape index (κ2) is 6.15. The van der Waals surface area contributed by atoms with Crippen molar-refractivity contribution >= 4 is 6.03 Å². The van der Waals surface area contributed by atoms with E-state index >= 15 is 0 Å². The van der Waals surface area contributed by atoms with Crippen LogP contribution in [0.5, 0.6) is 0 Å². The van der Waals surface area contributed by atoms with Gasteiger partial charge in [-0.15, -0.1) is 0 Å². The molecule has 4 N–H and O–H groups in total. The molecule has 0 bridgehead atoms. The number of nitrogens with one attached hydrogen (secondary N) is 4. The van der Waals surface area contributed by atoms with Gasteiger partial charge >= 0.3 is 6.03 Å². The molecule has 0 radical (unpaired) electrons. The van der Waals surface area contributed by atoms with Crippen LogP contribution in [0.15, 0.2) is 18.2 Å². The first-order valence-corrected chi connectivity index (χ1v) is 6.46. The molecule has 0 saturated carbocycles. The summed E-state index contributed by atoms with van der Waals surface area (Å²) < 4.78 is 26.0. The average Bonchev–Trinajstić information content (AvgIpc) is 2.67. The zero-order chi connectivity index (χ0) is 14.7. The minimum atomic E-state index is -0.659. The Labute approximate surface area is 116 Å². The van der Waals surface area contributed by atoms with Gasteiger partial charge in [-0.1, -0.05) is 0 Å². The molecular formula is C13H18F2N4O. The van der Waals surface area contributed by atoms with Gasteiger partial charge in [-0.3, -0.25) is 10.9 Å². The first kappa shape index (κ1) is 14.7. The molecule has 20 heavy (non-hydrogen) atoms. The Hall–Kier alpha value is -1.73. The molecule has 1 aromatic rings. The van der Waals surface area contributed by atoms with Crippen LogP contribution in [-0.2, 0) is 6.54 Å². The van der Waals surface area contributed by atoms with E-state index in [1.54, 1.807) is 0 Å². The van der Waals surface area contributed by atoms with Crippen LogP contribution in [0, 0.1) is 11.6 Å². The van der Waals surface area contributed by atoms with Crippen molar-refractivity contribution in [2.45, 2.75) is 38.5 Å². The Bertz CT molecular complexity index is 467. The molecule has 0 spiro atoms. The van der Waals surface area contributed by atoms with E-state index in [0.29, 0.717) is 5.56 Å². The molecule has 0 aliphatic carbocycles. The van der Waals surface area contributed by atoms with Gasteiger partial charge in [0.2, 0.25) is 0 Å². The van der Waals surface area contributed by atoms with Gasteiger partial charge in [-0.2, -0.15) is 0 Å². The van der Waals surface area contributed by atoms with Crippen molar-refractivity contribution in [1.29, 1.82) is 0 Å². The third-order valence-corrected chi connectivity index (χ3v) is 3.29. The van der Waals surface area contributed by atoms with E-state index in [4.69, 9.17) is 0 Å². The van der Waals surface area contributed by atoms with E-state index in [1.807, 2.05) is 13.8 Å². The summed E-state index contributed by atoms with van der Waals surface area (Å²) in [5.41, 5.74) is 6.42. The number of hydrogen-bond donors (Lipinski definition) is 4. The number of benzene rings is 1. The summed E-state index contributed by atoms with van der Waals surface area (Å²) >= 11 is 0. The average molecular weight is 284 g/mol. The van der Waals surface area contributed by atoms with E-state index in [2.05, 4.69) is 21.5 Å². The quantitative estimate of drug-likeness (QED) is 0.670. The maximum Gasteiger partial charge on any atom is 0.315 e. The summed E-state index contributed by atoms with van der Waals surface area (Å²) in [6, 6.07) is 2.94. The van der Waals surface area contributed by atoms with Crippen LogP contribution in [0.25, 0.3) is 0 Å². The molecule has 2 rings (SSSR count). The van der Waals surface area contributed by atoms with Crippen molar-refractivity contribution in [2.75, 3.05) is 0 Å². The Morgan fingerprint density at radius 1 is 1.15 bits per heavy atom. The largest absolute Gasteiger partial charge is 0.334 e. The van der Waals surface area contributed by atoms with Crippen LogP contribution < -0.4 is 21.5 Å². The Morgan fingerprint density at radius 3 is 2.25 bits per heavy atom. The van der Waals surface area contributed by atoms with Crippen LogP contribution >= 0.6 is 0 Å². The van der Waals surface area contributed by atoms with E-state index in [0.717, 1.165) is 6.07 Å². The summed E-state index contributed by atoms with van der Waals surface area (Å²) in [6.45, 7) is 3.96. The second-order valence-electron chi connectivity index (χ2n) is 5.00. The summed E-state index contributed by atoms with van der Waals surface area (Å²) in [7, 11) is 0. The second-order valence-corrected chi connectivity index (χ2v) is 5.00. The monoisotopic (exact) mass is 284 g/mol. The highest BCUT2D eigenvalue weighted by Crippen LogP contribution is 2.08. The molecule has 2 atom stereocenters. The Morgan fingerprint density at radius 2 is 1.70 bits per heavy atom. The van der Waals surface area contributed by atoms with Crippen LogP contribution in [0.4, 0.5) is 13.6 Å². The molecule has 2 unspecified atom stereocenters. The highest BCUT2D eigenvalue weighted by atomic mass is 19.1. The fourth-order valence-electron chi connectivity index (χ4n) is 2.22. The maximum atomic E-state index is 13.0. The molecular weight excluding hydrogens is 266 g/mol. The van der Waals surface area contributed by atoms with Gasteiger partial charge in [-0.25, -0.2) is 13.6 Å². The number of hydrazine groups is 1. The van der Waals surface area contributed by atoms with Gasteiger partial charge in [0.05, 0.1) is 6.04 Å². The molecule has 1 saturated heterocycles. The molecule has 0 aromatic heterocycles. The first-order chi connectivity index (χ1) is 9.45. The van der Waals surface area contributed by atoms with Crippen molar-refractivity contribution in [3.8, 4) is 0 Å². The maximum absolute atomic E-state index is 13.0. The van der Waals surface area contributed by atoms with Crippen molar-refractivity contribution < 1.29 is 13.6 Å². The van der Waals surface area contributed by atoms with Crippen molar-refractivity contribution in [3.05, 3.63) is 35.4 Å². The van der Waals surface area contributed by atoms with Gasteiger partial charge in [0.25, 0.3) is 0 Å². The fourth-order valence-corrected chi connectivity index (χ4v) is 2.22. The predicted molar refractivity (Wildman–Crippen MR) is 70.7 cm³/mol. The standard InChI is InChI=1S/C13H18F2N4O/c1-7-12(8(2)19-18-7)17-13(20)16-6-9-3-10(14)5-11(15)4-9/h3-5,7-8,12,18-19H,6H2,1-2H3,(H2,16,17,20). The fraction of sp³-hybridized carbons (Fsp3) is 0.462. The SMILES string of the molecule is CC1NNC(C)C1NC(=O)NCc1cc(F)cc(F)c1. The summed E-state index contributed by atoms with van der Waals surface area (Å²) in [5, 5.41) is 5.40. The predicted octanol–water partition coefficient (Wildman–Crippen LogP) is 1.02. The lowest BCUT2D eigenvalue weighted by molar-refractivity contribution is 0.234. The third-order valence-electron chi connectivity index (χ3n) is 3.29. The summed E-state index contributed by atoms with van der Waals surface area (Å²) in [6.07, 6.45) is 0. The number of halogens is 2. The Kier molecular flexibility index (Phi) is 4.51. The normalized spacial score (nSPS) is 25.5. The van der Waals surface area contributed by atoms with E-state index in [-0.39, 0.29) is 30.7 Å². The lowest BCUT2D eigenvalue weighted by Crippen LogP contribution is -2.50. The molecule has 1 aliphatic rings. The van der Waals surface area contributed by atoms with Crippen LogP contribution in [0.1, 0.15) is 19.4 Å². The molecule has 7 heteroatoms. The first-order valence-electron chi connectivity index (χ1n) is 6.46. The van der Waals surface area contributed by atoms with E-state index in [1.165, 1.54) is 12.1 Å². The summed E-state index contributed by atoms with van der Waals surface area (Å²) in [4.78, 5) is 11.8. The number of carbonyl (C=O) groups is 1. The lowest BCUT2D eigenvalue weighted by Gasteiger charge is -2.20. The van der Waals surface area contributed by atoms with Crippen molar-refractivity contribution in [2.24, 2.45) is 0 Å². The highest BCUT2D eigenvalue weighted by molar-refractivity contribution is 5.74. The minimum Gasteiger partial charge on any atom is -0.334 e. The summed E-state index contributed by atoms with van der Waals surface area (Å²) in [5.74, 6) is -1.32. The van der Waals surface area contributed by atoms with Crippen molar-refractivity contribution in [3.63, 3.8) is 0 Å². The van der Waals surface area contributed by atoms with Crippen LogP contribution in [-0.4, -0.2) is 24.2 Å². The number of urea groups is 1. The van der Waals surface area contributed by atoms with Gasteiger partial charge in [0.1, 0.15) is 11.6 Å². The molecule has 1 aliphatic heterocycles. The minimum absolute atomic E-state index is 0.0563. The van der Waals surface area contributed by atoms with Gasteiger partial charge in [0.15, 0.2) is 0 Å². The van der Waals surface area contributed by atoms with Crippen LogP contribution in [0.3, 0.4) is 0 Å². The molecule has 1 heterocycles. The van der Waals surface area contributed by atoms with Gasteiger partial charge in [0, 0.05) is 24.7 Å². The topological polar surface area (TPSA) is 65.2 Å². The number of amides is 2. The highest BCUT2D eigenvalue weighted by Gasteiger charge is 2.30. The number of hydrogen-bond acceptors (Lipinski definition) is 3. The molecule has 1 fully saturated rings. The number of carbonyl (C=O) groups excluding carboxylic acids is 1. The lowest BCUT2D eigenvalue weighted by atomic mass is 10.1. The van der Waals surface area contributed by atoms with Gasteiger partial charge < -0.3 is 10.6 Å². The van der Waals surface area contributed by atoms with E-state index < -0.39 is 11.6 Å². The smallest absolute Gasteiger partial charge is 0.315 e. The molecule has 2 amide bonds. The number of rotatable bonds is 3. The zero-order valence-corrected chi connectivity index (χ0v) is 11.3. The molecule has 1 aromatic carbocycles. The third kappa shape index (κ3) is 3.64. The Balaban J connectivity index is 1.86. The zero-order valence-electron chi connectivity index (χ0n) is 11.3. The molecule has 110 valence electrons. The molecule has 5 nitrogen and oxygen atoms in total. The van der Waals surface area contributed by atoms with Gasteiger partial charge in [-0.05, 0) is 31.5 Å². The van der Waals surface area contributed by atoms with Crippen LogP contribution in [0.2, 0.25) is 0 Å².